The highest BCUT2D eigenvalue weighted by Crippen LogP contribution is 2.23. The number of carbonyl (C=O) groups excluding carboxylic acids is 2. The zero-order valence-corrected chi connectivity index (χ0v) is 9.84. The van der Waals surface area contributed by atoms with Crippen LogP contribution in [0.15, 0.2) is 18.2 Å². The normalized spacial score (nSPS) is 14.7. The van der Waals surface area contributed by atoms with Crippen LogP contribution in [-0.4, -0.2) is 38.3 Å². The van der Waals surface area contributed by atoms with E-state index < -0.39 is 11.9 Å². The smallest absolute Gasteiger partial charge is 0.337 e. The van der Waals surface area contributed by atoms with Crippen molar-refractivity contribution in [3.8, 4) is 5.75 Å². The summed E-state index contributed by atoms with van der Waals surface area (Å²) in [6.07, 6.45) is -0.115. The number of hydrogen-bond acceptors (Lipinski definition) is 5. The zero-order valence-electron chi connectivity index (χ0n) is 9.84. The number of ether oxygens (including phenoxy) is 3. The van der Waals surface area contributed by atoms with Crippen molar-refractivity contribution in [2.75, 3.05) is 20.3 Å². The second-order valence-electron chi connectivity index (χ2n) is 3.84. The first-order chi connectivity index (χ1) is 8.61. The van der Waals surface area contributed by atoms with E-state index in [9.17, 15) is 9.59 Å². The van der Waals surface area contributed by atoms with Crippen molar-refractivity contribution in [2.24, 2.45) is 5.73 Å². The average molecular weight is 251 g/mol. The second-order valence-corrected chi connectivity index (χ2v) is 3.84. The number of hydrogen-bond donors (Lipinski definition) is 1. The molecule has 6 nitrogen and oxygen atoms in total. The van der Waals surface area contributed by atoms with Gasteiger partial charge in [-0.2, -0.15) is 0 Å². The van der Waals surface area contributed by atoms with Gasteiger partial charge < -0.3 is 19.9 Å². The second kappa shape index (κ2) is 5.05. The minimum atomic E-state index is -0.610. The molecule has 1 heterocycles. The predicted octanol–water partition coefficient (Wildman–Crippen LogP) is 0.350. The van der Waals surface area contributed by atoms with E-state index in [4.69, 9.17) is 15.2 Å². The molecular formula is C12H13NO5. The number of primary amides is 1. The van der Waals surface area contributed by atoms with Crippen LogP contribution in [-0.2, 0) is 9.47 Å². The van der Waals surface area contributed by atoms with Gasteiger partial charge in [0.2, 0.25) is 0 Å². The Morgan fingerprint density at radius 2 is 2.11 bits per heavy atom. The van der Waals surface area contributed by atoms with E-state index in [0.29, 0.717) is 18.8 Å². The number of methoxy groups -OCH3 is 1. The SMILES string of the molecule is COC(=O)c1ccc(C(N)=O)c(OC2COC2)c1. The molecule has 0 atom stereocenters. The fourth-order valence-corrected chi connectivity index (χ4v) is 1.53. The standard InChI is InChI=1S/C12H13NO5/c1-16-12(15)7-2-3-9(11(13)14)10(4-7)18-8-5-17-6-8/h2-4,8H,5-6H2,1H3,(H2,13,14). The number of benzene rings is 1. The van der Waals surface area contributed by atoms with Crippen LogP contribution in [0.25, 0.3) is 0 Å². The van der Waals surface area contributed by atoms with E-state index >= 15 is 0 Å². The van der Waals surface area contributed by atoms with Crippen molar-refractivity contribution in [3.63, 3.8) is 0 Å². The van der Waals surface area contributed by atoms with Crippen molar-refractivity contribution >= 4 is 11.9 Å². The average Bonchev–Trinajstić information content (AvgIpc) is 2.32. The third-order valence-corrected chi connectivity index (χ3v) is 2.57. The Morgan fingerprint density at radius 1 is 1.39 bits per heavy atom. The fraction of sp³-hybridized carbons (Fsp3) is 0.333. The molecule has 1 aromatic rings. The third-order valence-electron chi connectivity index (χ3n) is 2.57. The van der Waals surface area contributed by atoms with Crippen molar-refractivity contribution in [1.29, 1.82) is 0 Å². The first-order valence-electron chi connectivity index (χ1n) is 5.38. The minimum absolute atomic E-state index is 0.115. The molecule has 1 aromatic carbocycles. The van der Waals surface area contributed by atoms with Gasteiger partial charge in [0.15, 0.2) is 0 Å². The third kappa shape index (κ3) is 2.43. The van der Waals surface area contributed by atoms with E-state index in [-0.39, 0.29) is 17.4 Å². The van der Waals surface area contributed by atoms with E-state index in [0.717, 1.165) is 0 Å². The summed E-state index contributed by atoms with van der Waals surface area (Å²) in [6.45, 7) is 0.918. The van der Waals surface area contributed by atoms with E-state index in [2.05, 4.69) is 4.74 Å². The largest absolute Gasteiger partial charge is 0.485 e. The van der Waals surface area contributed by atoms with Gasteiger partial charge in [0.1, 0.15) is 11.9 Å². The number of nitrogens with two attached hydrogens (primary N) is 1. The van der Waals surface area contributed by atoms with Crippen LogP contribution >= 0.6 is 0 Å². The van der Waals surface area contributed by atoms with Crippen molar-refractivity contribution in [2.45, 2.75) is 6.10 Å². The van der Waals surface area contributed by atoms with Gasteiger partial charge in [0, 0.05) is 0 Å². The summed E-state index contributed by atoms with van der Waals surface area (Å²) in [5.41, 5.74) is 5.78. The summed E-state index contributed by atoms with van der Waals surface area (Å²) < 4.78 is 15.1. The maximum atomic E-state index is 11.4. The number of rotatable bonds is 4. The van der Waals surface area contributed by atoms with Gasteiger partial charge >= 0.3 is 5.97 Å². The molecule has 0 aliphatic carbocycles. The molecule has 1 fully saturated rings. The number of esters is 1. The Hall–Kier alpha value is -2.08. The van der Waals surface area contributed by atoms with Crippen LogP contribution in [0.5, 0.6) is 5.75 Å². The first kappa shape index (κ1) is 12.4. The van der Waals surface area contributed by atoms with Crippen LogP contribution in [0.1, 0.15) is 20.7 Å². The van der Waals surface area contributed by atoms with Gasteiger partial charge in [-0.1, -0.05) is 0 Å². The van der Waals surface area contributed by atoms with E-state index in [1.54, 1.807) is 0 Å². The molecule has 0 unspecified atom stereocenters. The van der Waals surface area contributed by atoms with Gasteiger partial charge in [-0.05, 0) is 18.2 Å². The molecular weight excluding hydrogens is 238 g/mol. The Labute approximate surface area is 104 Å². The van der Waals surface area contributed by atoms with Gasteiger partial charge in [0.05, 0.1) is 31.5 Å². The summed E-state index contributed by atoms with van der Waals surface area (Å²) in [5.74, 6) is -0.832. The summed E-state index contributed by atoms with van der Waals surface area (Å²) in [4.78, 5) is 22.7. The molecule has 0 aromatic heterocycles. The fourth-order valence-electron chi connectivity index (χ4n) is 1.53. The molecule has 1 aliphatic rings. The summed E-state index contributed by atoms with van der Waals surface area (Å²) in [7, 11) is 1.28. The molecule has 0 radical (unpaired) electrons. The monoisotopic (exact) mass is 251 g/mol. The molecule has 2 rings (SSSR count). The van der Waals surface area contributed by atoms with E-state index in [1.165, 1.54) is 25.3 Å². The van der Waals surface area contributed by atoms with Crippen LogP contribution in [0, 0.1) is 0 Å². The molecule has 96 valence electrons. The van der Waals surface area contributed by atoms with Crippen molar-refractivity contribution in [3.05, 3.63) is 29.3 Å². The lowest BCUT2D eigenvalue weighted by molar-refractivity contribution is -0.0798. The molecule has 0 bridgehead atoms. The lowest BCUT2D eigenvalue weighted by Gasteiger charge is -2.27. The Balaban J connectivity index is 2.30. The lowest BCUT2D eigenvalue weighted by Crippen LogP contribution is -2.39. The Kier molecular flexibility index (Phi) is 3.47. The number of amides is 1. The van der Waals surface area contributed by atoms with E-state index in [1.807, 2.05) is 0 Å². The van der Waals surface area contributed by atoms with Crippen LogP contribution in [0.3, 0.4) is 0 Å². The maximum Gasteiger partial charge on any atom is 0.337 e. The number of carbonyl (C=O) groups is 2. The highest BCUT2D eigenvalue weighted by Gasteiger charge is 2.23. The minimum Gasteiger partial charge on any atom is -0.485 e. The highest BCUT2D eigenvalue weighted by atomic mass is 16.6. The van der Waals surface area contributed by atoms with Crippen LogP contribution in [0.4, 0.5) is 0 Å². The van der Waals surface area contributed by atoms with Gasteiger partial charge in [-0.25, -0.2) is 4.79 Å². The Morgan fingerprint density at radius 3 is 2.61 bits per heavy atom. The molecule has 18 heavy (non-hydrogen) atoms. The zero-order chi connectivity index (χ0) is 13.1. The molecule has 6 heteroatoms. The first-order valence-corrected chi connectivity index (χ1v) is 5.38. The van der Waals surface area contributed by atoms with Crippen LogP contribution < -0.4 is 10.5 Å². The predicted molar refractivity (Wildman–Crippen MR) is 61.5 cm³/mol. The van der Waals surface area contributed by atoms with Gasteiger partial charge in [-0.3, -0.25) is 4.79 Å². The molecule has 0 saturated carbocycles. The molecule has 1 amide bonds. The molecule has 1 aliphatic heterocycles. The molecule has 0 spiro atoms. The molecule has 2 N–H and O–H groups in total. The summed E-state index contributed by atoms with van der Waals surface area (Å²) >= 11 is 0. The van der Waals surface area contributed by atoms with Gasteiger partial charge in [0.25, 0.3) is 5.91 Å². The molecule has 1 saturated heterocycles. The summed E-state index contributed by atoms with van der Waals surface area (Å²) in [5, 5.41) is 0. The lowest BCUT2D eigenvalue weighted by atomic mass is 10.1. The Bertz CT molecular complexity index is 481. The van der Waals surface area contributed by atoms with Crippen LogP contribution in [0.2, 0.25) is 0 Å². The van der Waals surface area contributed by atoms with Crippen molar-refractivity contribution < 1.29 is 23.8 Å². The topological polar surface area (TPSA) is 87.9 Å². The summed E-state index contributed by atoms with van der Waals surface area (Å²) in [6, 6.07) is 4.36. The maximum absolute atomic E-state index is 11.4. The van der Waals surface area contributed by atoms with Crippen molar-refractivity contribution in [1.82, 2.24) is 0 Å². The quantitative estimate of drug-likeness (QED) is 0.780. The highest BCUT2D eigenvalue weighted by molar-refractivity contribution is 5.98. The van der Waals surface area contributed by atoms with Gasteiger partial charge in [-0.15, -0.1) is 0 Å².